The molecule has 0 spiro atoms. The minimum absolute atomic E-state index is 0.0378. The summed E-state index contributed by atoms with van der Waals surface area (Å²) >= 11 is 0. The molecular weight excluding hydrogens is 280 g/mol. The number of carbonyl (C=O) groups excluding carboxylic acids is 1. The number of benzene rings is 1. The number of aliphatic hydroxyl groups is 1. The number of amides is 2. The van der Waals surface area contributed by atoms with Crippen LogP contribution in [0.4, 0.5) is 4.79 Å². The molecule has 2 amide bonds. The number of nitrogens with one attached hydrogen (secondary N) is 1. The summed E-state index contributed by atoms with van der Waals surface area (Å²) in [5.74, 6) is 0.276. The molecule has 1 fully saturated rings. The van der Waals surface area contributed by atoms with Gasteiger partial charge in [0.2, 0.25) is 0 Å². The van der Waals surface area contributed by atoms with Crippen molar-refractivity contribution in [1.29, 1.82) is 0 Å². The van der Waals surface area contributed by atoms with Gasteiger partial charge in [-0.15, -0.1) is 0 Å². The Morgan fingerprint density at radius 1 is 1.45 bits per heavy atom. The molecule has 1 aliphatic rings. The lowest BCUT2D eigenvalue weighted by Gasteiger charge is -2.33. The van der Waals surface area contributed by atoms with Gasteiger partial charge in [-0.3, -0.25) is 0 Å². The molecule has 1 aromatic carbocycles. The van der Waals surface area contributed by atoms with E-state index in [9.17, 15) is 4.79 Å². The number of hydrogen-bond donors (Lipinski definition) is 2. The van der Waals surface area contributed by atoms with Gasteiger partial charge in [-0.2, -0.15) is 0 Å². The van der Waals surface area contributed by atoms with E-state index in [1.54, 1.807) is 7.05 Å². The first-order chi connectivity index (χ1) is 10.6. The summed E-state index contributed by atoms with van der Waals surface area (Å²) < 4.78 is 5.93. The Kier molecular flexibility index (Phi) is 6.21. The van der Waals surface area contributed by atoms with Gasteiger partial charge in [-0.1, -0.05) is 30.3 Å². The molecule has 1 heterocycles. The van der Waals surface area contributed by atoms with Crippen molar-refractivity contribution in [3.05, 3.63) is 35.9 Å². The van der Waals surface area contributed by atoms with Gasteiger partial charge in [-0.25, -0.2) is 4.79 Å². The Labute approximate surface area is 132 Å². The molecular formula is C17H26N2O3. The van der Waals surface area contributed by atoms with Gasteiger partial charge in [0, 0.05) is 26.1 Å². The van der Waals surface area contributed by atoms with Crippen LogP contribution in [0, 0.1) is 5.92 Å². The third-order valence-corrected chi connectivity index (χ3v) is 4.33. The van der Waals surface area contributed by atoms with E-state index >= 15 is 0 Å². The lowest BCUT2D eigenvalue weighted by molar-refractivity contribution is -0.0272. The van der Waals surface area contributed by atoms with Crippen LogP contribution in [0.5, 0.6) is 0 Å². The fourth-order valence-corrected chi connectivity index (χ4v) is 2.73. The molecule has 122 valence electrons. The molecule has 2 rings (SSSR count). The molecule has 1 aliphatic heterocycles. The van der Waals surface area contributed by atoms with Gasteiger partial charge < -0.3 is 20.1 Å². The Bertz CT molecular complexity index is 466. The Hall–Kier alpha value is -1.59. The predicted molar refractivity (Wildman–Crippen MR) is 85.6 cm³/mol. The second-order valence-electron chi connectivity index (χ2n) is 5.93. The number of urea groups is 1. The predicted octanol–water partition coefficient (Wildman–Crippen LogP) is 2.18. The van der Waals surface area contributed by atoms with E-state index in [4.69, 9.17) is 9.84 Å². The molecule has 0 aromatic heterocycles. The fraction of sp³-hybridized carbons (Fsp3) is 0.588. The third-order valence-electron chi connectivity index (χ3n) is 4.33. The van der Waals surface area contributed by atoms with Crippen LogP contribution in [0.1, 0.15) is 31.4 Å². The van der Waals surface area contributed by atoms with Crippen LogP contribution in [0.2, 0.25) is 0 Å². The normalized spacial score (nSPS) is 22.9. The summed E-state index contributed by atoms with van der Waals surface area (Å²) in [5.41, 5.74) is 1.17. The van der Waals surface area contributed by atoms with Gasteiger partial charge in [0.25, 0.3) is 0 Å². The summed E-state index contributed by atoms with van der Waals surface area (Å²) in [6.45, 7) is 3.13. The molecule has 5 heteroatoms. The first kappa shape index (κ1) is 16.8. The first-order valence-corrected chi connectivity index (χ1v) is 7.91. The van der Waals surface area contributed by atoms with Crippen molar-refractivity contribution in [3.8, 4) is 0 Å². The minimum Gasteiger partial charge on any atom is -0.394 e. The zero-order valence-electron chi connectivity index (χ0n) is 13.4. The highest BCUT2D eigenvalue weighted by molar-refractivity contribution is 5.74. The Balaban J connectivity index is 1.93. The summed E-state index contributed by atoms with van der Waals surface area (Å²) in [6, 6.07) is 9.83. The Morgan fingerprint density at radius 3 is 2.86 bits per heavy atom. The van der Waals surface area contributed by atoms with Crippen molar-refractivity contribution >= 4 is 6.03 Å². The van der Waals surface area contributed by atoms with Crippen molar-refractivity contribution in [2.24, 2.45) is 5.92 Å². The maximum absolute atomic E-state index is 12.1. The van der Waals surface area contributed by atoms with Crippen LogP contribution in [-0.4, -0.2) is 48.9 Å². The topological polar surface area (TPSA) is 61.8 Å². The van der Waals surface area contributed by atoms with Crippen molar-refractivity contribution in [1.82, 2.24) is 10.2 Å². The van der Waals surface area contributed by atoms with E-state index in [1.807, 2.05) is 25.1 Å². The lowest BCUT2D eigenvalue weighted by Crippen LogP contribution is -2.46. The third kappa shape index (κ3) is 4.21. The number of rotatable bonds is 5. The monoisotopic (exact) mass is 306 g/mol. The van der Waals surface area contributed by atoms with Crippen LogP contribution in [0.15, 0.2) is 30.3 Å². The van der Waals surface area contributed by atoms with E-state index in [2.05, 4.69) is 17.4 Å². The molecule has 5 nitrogen and oxygen atoms in total. The summed E-state index contributed by atoms with van der Waals surface area (Å²) in [5, 5.41) is 12.1. The molecule has 0 bridgehead atoms. The summed E-state index contributed by atoms with van der Waals surface area (Å²) in [7, 11) is 1.70. The van der Waals surface area contributed by atoms with Gasteiger partial charge in [0.15, 0.2) is 0 Å². The van der Waals surface area contributed by atoms with Crippen LogP contribution in [0.3, 0.4) is 0 Å². The average molecular weight is 306 g/mol. The molecule has 0 radical (unpaired) electrons. The molecule has 1 saturated heterocycles. The lowest BCUT2D eigenvalue weighted by atomic mass is 9.89. The zero-order valence-corrected chi connectivity index (χ0v) is 13.4. The Morgan fingerprint density at radius 2 is 2.18 bits per heavy atom. The van der Waals surface area contributed by atoms with Gasteiger partial charge in [-0.05, 0) is 25.3 Å². The standard InChI is InChI=1S/C17H26N2O3/c1-13(12-20)19(2)17(21)18-11-15-9-6-10-22-16(15)14-7-4-3-5-8-14/h3-5,7-8,13,15-16,20H,6,9-12H2,1-2H3,(H,18,21). The number of hydrogen-bond acceptors (Lipinski definition) is 3. The molecule has 0 saturated carbocycles. The molecule has 3 unspecified atom stereocenters. The largest absolute Gasteiger partial charge is 0.394 e. The maximum Gasteiger partial charge on any atom is 0.317 e. The highest BCUT2D eigenvalue weighted by Gasteiger charge is 2.28. The number of ether oxygens (including phenoxy) is 1. The van der Waals surface area contributed by atoms with E-state index in [0.717, 1.165) is 19.4 Å². The summed E-state index contributed by atoms with van der Waals surface area (Å²) in [6.07, 6.45) is 2.10. The molecule has 0 aliphatic carbocycles. The highest BCUT2D eigenvalue weighted by Crippen LogP contribution is 2.33. The van der Waals surface area contributed by atoms with Crippen LogP contribution in [-0.2, 0) is 4.74 Å². The molecule has 1 aromatic rings. The molecule has 22 heavy (non-hydrogen) atoms. The maximum atomic E-state index is 12.1. The van der Waals surface area contributed by atoms with Crippen molar-refractivity contribution in [2.75, 3.05) is 26.8 Å². The SMILES string of the molecule is CC(CO)N(C)C(=O)NCC1CCCOC1c1ccccc1. The fourth-order valence-electron chi connectivity index (χ4n) is 2.73. The van der Waals surface area contributed by atoms with E-state index < -0.39 is 0 Å². The number of likely N-dealkylation sites (N-methyl/N-ethyl adjacent to an activating group) is 1. The van der Waals surface area contributed by atoms with Crippen LogP contribution < -0.4 is 5.32 Å². The number of nitrogens with zero attached hydrogens (tertiary/aromatic N) is 1. The molecule has 2 N–H and O–H groups in total. The average Bonchev–Trinajstić information content (AvgIpc) is 2.59. The van der Waals surface area contributed by atoms with Crippen LogP contribution >= 0.6 is 0 Å². The van der Waals surface area contributed by atoms with Crippen LogP contribution in [0.25, 0.3) is 0 Å². The quantitative estimate of drug-likeness (QED) is 0.876. The van der Waals surface area contributed by atoms with Crippen molar-refractivity contribution in [3.63, 3.8) is 0 Å². The first-order valence-electron chi connectivity index (χ1n) is 7.91. The minimum atomic E-state index is -0.187. The van der Waals surface area contributed by atoms with E-state index in [0.29, 0.717) is 6.54 Å². The van der Waals surface area contributed by atoms with Crippen molar-refractivity contribution < 1.29 is 14.6 Å². The van der Waals surface area contributed by atoms with Gasteiger partial charge in [0.05, 0.1) is 18.8 Å². The zero-order chi connectivity index (χ0) is 15.9. The smallest absolute Gasteiger partial charge is 0.317 e. The highest BCUT2D eigenvalue weighted by atomic mass is 16.5. The summed E-state index contributed by atoms with van der Waals surface area (Å²) in [4.78, 5) is 13.6. The van der Waals surface area contributed by atoms with E-state index in [1.165, 1.54) is 10.5 Å². The van der Waals surface area contributed by atoms with Gasteiger partial charge >= 0.3 is 6.03 Å². The van der Waals surface area contributed by atoms with Gasteiger partial charge in [0.1, 0.15) is 0 Å². The second kappa shape index (κ2) is 8.15. The molecule has 3 atom stereocenters. The van der Waals surface area contributed by atoms with Crippen molar-refractivity contribution in [2.45, 2.75) is 31.9 Å². The number of aliphatic hydroxyl groups excluding tert-OH is 1. The van der Waals surface area contributed by atoms with E-state index in [-0.39, 0.29) is 30.7 Å². The number of carbonyl (C=O) groups is 1. The second-order valence-corrected chi connectivity index (χ2v) is 5.93.